The van der Waals surface area contributed by atoms with Crippen LogP contribution in [0, 0.1) is 5.92 Å². The van der Waals surface area contributed by atoms with Gasteiger partial charge in [0.05, 0.1) is 17.4 Å². The van der Waals surface area contributed by atoms with Gasteiger partial charge in [0.1, 0.15) is 0 Å². The molecule has 1 fully saturated rings. The average Bonchev–Trinajstić information content (AvgIpc) is 2.48. The number of aromatic nitrogens is 1. The topological polar surface area (TPSA) is 54.0 Å². The van der Waals surface area contributed by atoms with E-state index in [1.54, 1.807) is 25.5 Å². The Labute approximate surface area is 115 Å². The number of hydrogen-bond acceptors (Lipinski definition) is 3. The zero-order chi connectivity index (χ0) is 13.7. The highest BCUT2D eigenvalue weighted by atomic mass is 16.1. The molecule has 0 saturated heterocycles. The number of amides is 1. The van der Waals surface area contributed by atoms with Crippen LogP contribution < -0.4 is 10.6 Å². The molecule has 4 heteroatoms. The first-order valence-corrected chi connectivity index (χ1v) is 7.17. The lowest BCUT2D eigenvalue weighted by Crippen LogP contribution is -2.37. The van der Waals surface area contributed by atoms with E-state index in [-0.39, 0.29) is 5.91 Å². The van der Waals surface area contributed by atoms with Crippen LogP contribution >= 0.6 is 0 Å². The predicted octanol–water partition coefficient (Wildman–Crippen LogP) is 2.82. The Kier molecular flexibility index (Phi) is 4.77. The minimum atomic E-state index is 0.00620. The molecule has 2 rings (SSSR count). The van der Waals surface area contributed by atoms with Crippen molar-refractivity contribution in [2.75, 3.05) is 12.4 Å². The van der Waals surface area contributed by atoms with Crippen molar-refractivity contribution >= 4 is 11.6 Å². The molecule has 1 heterocycles. The summed E-state index contributed by atoms with van der Waals surface area (Å²) in [5, 5.41) is 6.15. The molecule has 0 atom stereocenters. The van der Waals surface area contributed by atoms with Crippen molar-refractivity contribution in [1.82, 2.24) is 10.3 Å². The molecule has 4 nitrogen and oxygen atoms in total. The Morgan fingerprint density at radius 1 is 1.37 bits per heavy atom. The van der Waals surface area contributed by atoms with E-state index < -0.39 is 0 Å². The molecule has 1 aromatic heterocycles. The molecular formula is C15H23N3O. The van der Waals surface area contributed by atoms with E-state index in [1.807, 2.05) is 0 Å². The Bertz CT molecular complexity index is 425. The van der Waals surface area contributed by atoms with Gasteiger partial charge in [0, 0.05) is 19.3 Å². The monoisotopic (exact) mass is 261 g/mol. The third-order valence-corrected chi connectivity index (χ3v) is 4.09. The van der Waals surface area contributed by atoms with E-state index in [4.69, 9.17) is 0 Å². The number of hydrogen-bond donors (Lipinski definition) is 2. The summed E-state index contributed by atoms with van der Waals surface area (Å²) in [7, 11) is 1.81. The second-order valence-corrected chi connectivity index (χ2v) is 5.27. The van der Waals surface area contributed by atoms with Gasteiger partial charge in [0.25, 0.3) is 5.91 Å². The summed E-state index contributed by atoms with van der Waals surface area (Å²) in [6.07, 6.45) is 9.27. The first kappa shape index (κ1) is 13.8. The van der Waals surface area contributed by atoms with Gasteiger partial charge in [-0.2, -0.15) is 0 Å². The summed E-state index contributed by atoms with van der Waals surface area (Å²) in [5.74, 6) is 0.855. The first-order chi connectivity index (χ1) is 9.24. The van der Waals surface area contributed by atoms with Gasteiger partial charge in [0.2, 0.25) is 0 Å². The van der Waals surface area contributed by atoms with E-state index in [1.165, 1.54) is 19.3 Å². The van der Waals surface area contributed by atoms with Crippen molar-refractivity contribution in [3.05, 3.63) is 24.0 Å². The van der Waals surface area contributed by atoms with E-state index in [0.29, 0.717) is 11.6 Å². The predicted molar refractivity (Wildman–Crippen MR) is 77.3 cm³/mol. The number of nitrogens with one attached hydrogen (secondary N) is 2. The van der Waals surface area contributed by atoms with Crippen LogP contribution in [-0.2, 0) is 0 Å². The summed E-state index contributed by atoms with van der Waals surface area (Å²) >= 11 is 0. The SMILES string of the molecule is CCC1CCC(NC(=O)c2ccncc2NC)CC1. The summed E-state index contributed by atoms with van der Waals surface area (Å²) in [6, 6.07) is 2.09. The van der Waals surface area contributed by atoms with E-state index >= 15 is 0 Å². The van der Waals surface area contributed by atoms with E-state index in [9.17, 15) is 4.79 Å². The molecule has 0 bridgehead atoms. The molecule has 1 aliphatic carbocycles. The van der Waals surface area contributed by atoms with Crippen molar-refractivity contribution in [1.29, 1.82) is 0 Å². The Morgan fingerprint density at radius 2 is 2.11 bits per heavy atom. The lowest BCUT2D eigenvalue weighted by atomic mass is 9.84. The maximum atomic E-state index is 12.3. The Hall–Kier alpha value is -1.58. The average molecular weight is 261 g/mol. The highest BCUT2D eigenvalue weighted by Crippen LogP contribution is 2.26. The van der Waals surface area contributed by atoms with Crippen LogP contribution in [0.15, 0.2) is 18.5 Å². The van der Waals surface area contributed by atoms with Gasteiger partial charge >= 0.3 is 0 Å². The number of rotatable bonds is 4. The molecule has 0 aliphatic heterocycles. The zero-order valence-corrected chi connectivity index (χ0v) is 11.8. The van der Waals surface area contributed by atoms with Crippen molar-refractivity contribution in [2.45, 2.75) is 45.1 Å². The molecule has 104 valence electrons. The summed E-state index contributed by atoms with van der Waals surface area (Å²) < 4.78 is 0. The van der Waals surface area contributed by atoms with Crippen molar-refractivity contribution in [3.8, 4) is 0 Å². The fourth-order valence-electron chi connectivity index (χ4n) is 2.77. The number of nitrogens with zero attached hydrogens (tertiary/aromatic N) is 1. The molecule has 19 heavy (non-hydrogen) atoms. The molecule has 1 aliphatic rings. The largest absolute Gasteiger partial charge is 0.386 e. The molecule has 2 N–H and O–H groups in total. The minimum Gasteiger partial charge on any atom is -0.386 e. The number of pyridine rings is 1. The molecule has 0 aromatic carbocycles. The van der Waals surface area contributed by atoms with Crippen LogP contribution in [-0.4, -0.2) is 24.0 Å². The smallest absolute Gasteiger partial charge is 0.253 e. The third-order valence-electron chi connectivity index (χ3n) is 4.09. The van der Waals surface area contributed by atoms with Crippen LogP contribution in [0.1, 0.15) is 49.4 Å². The number of anilines is 1. The Balaban J connectivity index is 1.94. The molecule has 0 spiro atoms. The summed E-state index contributed by atoms with van der Waals surface area (Å²) in [4.78, 5) is 16.3. The molecule has 0 radical (unpaired) electrons. The lowest BCUT2D eigenvalue weighted by molar-refractivity contribution is 0.0922. The summed E-state index contributed by atoms with van der Waals surface area (Å²) in [5.41, 5.74) is 1.46. The number of carbonyl (C=O) groups excluding carboxylic acids is 1. The summed E-state index contributed by atoms with van der Waals surface area (Å²) in [6.45, 7) is 2.25. The number of carbonyl (C=O) groups is 1. The van der Waals surface area contributed by atoms with Crippen molar-refractivity contribution in [2.24, 2.45) is 5.92 Å². The van der Waals surface area contributed by atoms with Crippen LogP contribution in [0.4, 0.5) is 5.69 Å². The van der Waals surface area contributed by atoms with E-state index in [0.717, 1.165) is 24.4 Å². The van der Waals surface area contributed by atoms with Crippen LogP contribution in [0.25, 0.3) is 0 Å². The van der Waals surface area contributed by atoms with Crippen LogP contribution in [0.3, 0.4) is 0 Å². The second-order valence-electron chi connectivity index (χ2n) is 5.27. The Morgan fingerprint density at radius 3 is 2.74 bits per heavy atom. The molecule has 0 unspecified atom stereocenters. The van der Waals surface area contributed by atoms with E-state index in [2.05, 4.69) is 22.5 Å². The van der Waals surface area contributed by atoms with Gasteiger partial charge in [-0.25, -0.2) is 0 Å². The van der Waals surface area contributed by atoms with Crippen LogP contribution in [0.5, 0.6) is 0 Å². The lowest BCUT2D eigenvalue weighted by Gasteiger charge is -2.28. The molecular weight excluding hydrogens is 238 g/mol. The minimum absolute atomic E-state index is 0.00620. The van der Waals surface area contributed by atoms with Crippen molar-refractivity contribution in [3.63, 3.8) is 0 Å². The maximum absolute atomic E-state index is 12.3. The third kappa shape index (κ3) is 3.46. The fourth-order valence-corrected chi connectivity index (χ4v) is 2.77. The fraction of sp³-hybridized carbons (Fsp3) is 0.600. The second kappa shape index (κ2) is 6.55. The molecule has 1 amide bonds. The highest BCUT2D eigenvalue weighted by Gasteiger charge is 2.22. The quantitative estimate of drug-likeness (QED) is 0.876. The normalized spacial score (nSPS) is 22.8. The van der Waals surface area contributed by atoms with Crippen molar-refractivity contribution < 1.29 is 4.79 Å². The zero-order valence-electron chi connectivity index (χ0n) is 11.8. The van der Waals surface area contributed by atoms with Gasteiger partial charge in [0.15, 0.2) is 0 Å². The molecule has 1 aromatic rings. The maximum Gasteiger partial charge on any atom is 0.253 e. The van der Waals surface area contributed by atoms with Gasteiger partial charge in [-0.05, 0) is 37.7 Å². The van der Waals surface area contributed by atoms with Gasteiger partial charge in [-0.3, -0.25) is 9.78 Å². The van der Waals surface area contributed by atoms with Gasteiger partial charge in [-0.1, -0.05) is 13.3 Å². The highest BCUT2D eigenvalue weighted by molar-refractivity contribution is 5.99. The van der Waals surface area contributed by atoms with Gasteiger partial charge < -0.3 is 10.6 Å². The van der Waals surface area contributed by atoms with Crippen LogP contribution in [0.2, 0.25) is 0 Å². The molecule has 1 saturated carbocycles. The first-order valence-electron chi connectivity index (χ1n) is 7.17. The standard InChI is InChI=1S/C15H23N3O/c1-3-11-4-6-12(7-5-11)18-15(19)13-8-9-17-10-14(13)16-2/h8-12,16H,3-7H2,1-2H3,(H,18,19). The van der Waals surface area contributed by atoms with Gasteiger partial charge in [-0.15, -0.1) is 0 Å².